The molecule has 2 aromatic rings. The van der Waals surface area contributed by atoms with Crippen LogP contribution in [-0.2, 0) is 11.3 Å². The summed E-state index contributed by atoms with van der Waals surface area (Å²) in [6.45, 7) is 4.02. The van der Waals surface area contributed by atoms with Crippen molar-refractivity contribution in [1.29, 1.82) is 0 Å². The fraction of sp³-hybridized carbons (Fsp3) is 0.438. The quantitative estimate of drug-likeness (QED) is 0.897. The standard InChI is InChI=1S/C16H18Cl2N4O2/c1-10-5-11(16(23)24)7-21(6-10)8-12-9-22(20-19-12)14-4-2-3-13(17)15(14)18/h2-4,9-11H,5-8H2,1H3,(H,23,24). The second-order valence-corrected chi connectivity index (χ2v) is 7.08. The van der Waals surface area contributed by atoms with Crippen LogP contribution in [0, 0.1) is 11.8 Å². The number of carboxylic acids is 1. The Balaban J connectivity index is 1.74. The van der Waals surface area contributed by atoms with E-state index in [1.54, 1.807) is 23.0 Å². The number of likely N-dealkylation sites (tertiary alicyclic amines) is 1. The molecule has 0 radical (unpaired) electrons. The Labute approximate surface area is 150 Å². The van der Waals surface area contributed by atoms with Gasteiger partial charge in [-0.25, -0.2) is 4.68 Å². The number of rotatable bonds is 4. The lowest BCUT2D eigenvalue weighted by atomic mass is 9.90. The average Bonchev–Trinajstić information content (AvgIpc) is 2.97. The summed E-state index contributed by atoms with van der Waals surface area (Å²) in [5, 5.41) is 18.4. The van der Waals surface area contributed by atoms with Crippen LogP contribution in [0.4, 0.5) is 0 Å². The van der Waals surface area contributed by atoms with E-state index >= 15 is 0 Å². The molecule has 0 aliphatic carbocycles. The summed E-state index contributed by atoms with van der Waals surface area (Å²) in [7, 11) is 0. The van der Waals surface area contributed by atoms with Gasteiger partial charge in [-0.2, -0.15) is 0 Å². The minimum Gasteiger partial charge on any atom is -0.481 e. The molecule has 2 atom stereocenters. The van der Waals surface area contributed by atoms with Crippen LogP contribution in [0.25, 0.3) is 5.69 Å². The monoisotopic (exact) mass is 368 g/mol. The van der Waals surface area contributed by atoms with Crippen LogP contribution in [-0.4, -0.2) is 44.1 Å². The van der Waals surface area contributed by atoms with E-state index in [9.17, 15) is 9.90 Å². The van der Waals surface area contributed by atoms with E-state index in [0.29, 0.717) is 34.7 Å². The van der Waals surface area contributed by atoms with E-state index in [1.807, 2.05) is 6.07 Å². The number of piperidine rings is 1. The summed E-state index contributed by atoms with van der Waals surface area (Å²) in [5.41, 5.74) is 1.43. The average molecular weight is 369 g/mol. The van der Waals surface area contributed by atoms with Crippen molar-refractivity contribution in [2.45, 2.75) is 19.9 Å². The number of aromatic nitrogens is 3. The molecule has 0 amide bonds. The highest BCUT2D eigenvalue weighted by atomic mass is 35.5. The molecule has 1 aromatic carbocycles. The van der Waals surface area contributed by atoms with Gasteiger partial charge in [-0.05, 0) is 24.5 Å². The Bertz CT molecular complexity index is 749. The zero-order valence-electron chi connectivity index (χ0n) is 13.2. The van der Waals surface area contributed by atoms with Crippen molar-refractivity contribution in [1.82, 2.24) is 19.9 Å². The van der Waals surface area contributed by atoms with E-state index in [4.69, 9.17) is 23.2 Å². The molecule has 1 N–H and O–H groups in total. The third-order valence-corrected chi connectivity index (χ3v) is 5.00. The summed E-state index contributed by atoms with van der Waals surface area (Å²) in [5.74, 6) is -0.718. The molecule has 1 aliphatic heterocycles. The van der Waals surface area contributed by atoms with Gasteiger partial charge in [0.25, 0.3) is 0 Å². The van der Waals surface area contributed by atoms with E-state index in [1.165, 1.54) is 0 Å². The van der Waals surface area contributed by atoms with Gasteiger partial charge in [0.15, 0.2) is 0 Å². The molecule has 2 unspecified atom stereocenters. The number of aliphatic carboxylic acids is 1. The van der Waals surface area contributed by atoms with Crippen LogP contribution in [0.5, 0.6) is 0 Å². The SMILES string of the molecule is CC1CC(C(=O)O)CN(Cc2cn(-c3cccc(Cl)c3Cl)nn2)C1. The number of hydrogen-bond donors (Lipinski definition) is 1. The predicted octanol–water partition coefficient (Wildman–Crippen LogP) is 3.12. The van der Waals surface area contributed by atoms with Gasteiger partial charge in [0.2, 0.25) is 0 Å². The Hall–Kier alpha value is -1.63. The maximum atomic E-state index is 11.3. The second kappa shape index (κ2) is 7.09. The van der Waals surface area contributed by atoms with Crippen LogP contribution < -0.4 is 0 Å². The molecule has 1 aromatic heterocycles. The Kier molecular flexibility index (Phi) is 5.08. The molecular formula is C16H18Cl2N4O2. The zero-order valence-corrected chi connectivity index (χ0v) is 14.7. The highest BCUT2D eigenvalue weighted by molar-refractivity contribution is 6.43. The molecule has 1 aliphatic rings. The first kappa shape index (κ1) is 17.2. The molecule has 6 nitrogen and oxygen atoms in total. The normalized spacial score (nSPS) is 21.8. The molecule has 1 saturated heterocycles. The smallest absolute Gasteiger partial charge is 0.307 e. The van der Waals surface area contributed by atoms with Gasteiger partial charge in [0, 0.05) is 19.6 Å². The summed E-state index contributed by atoms with van der Waals surface area (Å²) in [6, 6.07) is 5.33. The van der Waals surface area contributed by atoms with Gasteiger partial charge in [-0.3, -0.25) is 9.69 Å². The second-order valence-electron chi connectivity index (χ2n) is 6.30. The van der Waals surface area contributed by atoms with Crippen molar-refractivity contribution in [2.24, 2.45) is 11.8 Å². The summed E-state index contributed by atoms with van der Waals surface area (Å²) >= 11 is 12.2. The number of benzene rings is 1. The van der Waals surface area contributed by atoms with Crippen molar-refractivity contribution >= 4 is 29.2 Å². The van der Waals surface area contributed by atoms with Crippen molar-refractivity contribution in [2.75, 3.05) is 13.1 Å². The molecule has 0 spiro atoms. The molecule has 2 heterocycles. The molecule has 1 fully saturated rings. The molecule has 3 rings (SSSR count). The van der Waals surface area contributed by atoms with Crippen LogP contribution in [0.1, 0.15) is 19.0 Å². The topological polar surface area (TPSA) is 71.2 Å². The van der Waals surface area contributed by atoms with Gasteiger partial charge in [-0.15, -0.1) is 5.10 Å². The Morgan fingerprint density at radius 2 is 2.17 bits per heavy atom. The maximum absolute atomic E-state index is 11.3. The third-order valence-electron chi connectivity index (χ3n) is 4.19. The van der Waals surface area contributed by atoms with E-state index in [-0.39, 0.29) is 5.92 Å². The van der Waals surface area contributed by atoms with Gasteiger partial charge in [0.1, 0.15) is 0 Å². The van der Waals surface area contributed by atoms with Crippen molar-refractivity contribution in [3.05, 3.63) is 40.1 Å². The number of carboxylic acid groups (broad SMARTS) is 1. The van der Waals surface area contributed by atoms with E-state index < -0.39 is 5.97 Å². The highest BCUT2D eigenvalue weighted by Gasteiger charge is 2.29. The molecule has 8 heteroatoms. The van der Waals surface area contributed by atoms with Crippen molar-refractivity contribution in [3.63, 3.8) is 0 Å². The number of nitrogens with zero attached hydrogens (tertiary/aromatic N) is 4. The number of halogens is 2. The van der Waals surface area contributed by atoms with Crippen molar-refractivity contribution in [3.8, 4) is 5.69 Å². The fourth-order valence-corrected chi connectivity index (χ4v) is 3.54. The lowest BCUT2D eigenvalue weighted by Gasteiger charge is -2.34. The minimum absolute atomic E-state index is 0.328. The largest absolute Gasteiger partial charge is 0.481 e. The van der Waals surface area contributed by atoms with Crippen molar-refractivity contribution < 1.29 is 9.90 Å². The summed E-state index contributed by atoms with van der Waals surface area (Å²) in [6.07, 6.45) is 2.52. The molecule has 0 bridgehead atoms. The van der Waals surface area contributed by atoms with Gasteiger partial charge >= 0.3 is 5.97 Å². The molecule has 0 saturated carbocycles. The van der Waals surface area contributed by atoms with Crippen LogP contribution >= 0.6 is 23.2 Å². The van der Waals surface area contributed by atoms with Gasteiger partial charge < -0.3 is 5.11 Å². The first-order chi connectivity index (χ1) is 11.4. The number of hydrogen-bond acceptors (Lipinski definition) is 4. The van der Waals surface area contributed by atoms with E-state index in [2.05, 4.69) is 22.1 Å². The predicted molar refractivity (Wildman–Crippen MR) is 91.6 cm³/mol. The first-order valence-electron chi connectivity index (χ1n) is 7.75. The Morgan fingerprint density at radius 1 is 1.38 bits per heavy atom. The zero-order chi connectivity index (χ0) is 17.3. The van der Waals surface area contributed by atoms with Gasteiger partial charge in [-0.1, -0.05) is 41.4 Å². The molecule has 24 heavy (non-hydrogen) atoms. The molecular weight excluding hydrogens is 351 g/mol. The van der Waals surface area contributed by atoms with Crippen LogP contribution in [0.2, 0.25) is 10.0 Å². The van der Waals surface area contributed by atoms with Gasteiger partial charge in [0.05, 0.1) is 33.5 Å². The lowest BCUT2D eigenvalue weighted by molar-refractivity contribution is -0.144. The maximum Gasteiger partial charge on any atom is 0.307 e. The van der Waals surface area contributed by atoms with Crippen LogP contribution in [0.15, 0.2) is 24.4 Å². The summed E-state index contributed by atoms with van der Waals surface area (Å²) < 4.78 is 1.59. The highest BCUT2D eigenvalue weighted by Crippen LogP contribution is 2.28. The first-order valence-corrected chi connectivity index (χ1v) is 8.50. The van der Waals surface area contributed by atoms with E-state index in [0.717, 1.165) is 18.7 Å². The number of carbonyl (C=O) groups is 1. The Morgan fingerprint density at radius 3 is 2.92 bits per heavy atom. The minimum atomic E-state index is -0.735. The molecule has 128 valence electrons. The lowest BCUT2D eigenvalue weighted by Crippen LogP contribution is -2.42. The third kappa shape index (κ3) is 3.71. The summed E-state index contributed by atoms with van der Waals surface area (Å²) in [4.78, 5) is 13.4. The fourth-order valence-electron chi connectivity index (χ4n) is 3.16. The van der Waals surface area contributed by atoms with Crippen LogP contribution in [0.3, 0.4) is 0 Å².